The van der Waals surface area contributed by atoms with Crippen molar-refractivity contribution in [3.05, 3.63) is 25.3 Å². The van der Waals surface area contributed by atoms with Crippen molar-refractivity contribution in [2.75, 3.05) is 26.7 Å². The van der Waals surface area contributed by atoms with E-state index < -0.39 is 34.2 Å². The van der Waals surface area contributed by atoms with Crippen LogP contribution in [0.1, 0.15) is 41.0 Å². The Hall–Kier alpha value is -1.80. The highest BCUT2D eigenvalue weighted by Gasteiger charge is 2.76. The van der Waals surface area contributed by atoms with Crippen LogP contribution in [0.2, 0.25) is 0 Å². The topological polar surface area (TPSA) is 81.2 Å². The van der Waals surface area contributed by atoms with E-state index in [4.69, 9.17) is 0 Å². The van der Waals surface area contributed by atoms with Crippen LogP contribution in [-0.2, 0) is 14.4 Å². The Balaban J connectivity index is 2.14. The van der Waals surface area contributed by atoms with Crippen molar-refractivity contribution in [1.29, 1.82) is 0 Å². The fourth-order valence-electron chi connectivity index (χ4n) is 6.09. The average molecular weight is 478 g/mol. The summed E-state index contributed by atoms with van der Waals surface area (Å²) < 4.78 is -0.692. The van der Waals surface area contributed by atoms with E-state index in [0.29, 0.717) is 13.1 Å². The monoisotopic (exact) mass is 477 g/mol. The summed E-state index contributed by atoms with van der Waals surface area (Å²) in [5, 5.41) is 10.0. The van der Waals surface area contributed by atoms with Crippen LogP contribution in [0.15, 0.2) is 25.3 Å². The Labute approximate surface area is 202 Å². The lowest BCUT2D eigenvalue weighted by atomic mass is 9.65. The molecule has 33 heavy (non-hydrogen) atoms. The first kappa shape index (κ1) is 25.8. The van der Waals surface area contributed by atoms with E-state index in [2.05, 4.69) is 20.1 Å². The number of carbonyl (C=O) groups excluding carboxylic acids is 3. The maximum Gasteiger partial charge on any atom is 0.247 e. The van der Waals surface area contributed by atoms with E-state index >= 15 is 0 Å². The fraction of sp³-hybridized carbons (Fsp3) is 0.720. The van der Waals surface area contributed by atoms with E-state index in [9.17, 15) is 19.5 Å². The van der Waals surface area contributed by atoms with Crippen molar-refractivity contribution in [2.45, 2.75) is 68.7 Å². The Morgan fingerprint density at radius 3 is 2.39 bits per heavy atom. The van der Waals surface area contributed by atoms with Crippen LogP contribution in [0.25, 0.3) is 0 Å². The molecule has 0 aromatic carbocycles. The van der Waals surface area contributed by atoms with Gasteiger partial charge in [-0.3, -0.25) is 14.4 Å². The zero-order valence-electron chi connectivity index (χ0n) is 20.8. The lowest BCUT2D eigenvalue weighted by Crippen LogP contribution is -2.61. The first-order chi connectivity index (χ1) is 15.4. The highest BCUT2D eigenvalue weighted by Crippen LogP contribution is 2.69. The molecular formula is C25H39N3O4S. The molecule has 7 nitrogen and oxygen atoms in total. The molecule has 3 heterocycles. The molecular weight excluding hydrogens is 438 g/mol. The fourth-order valence-corrected chi connectivity index (χ4v) is 8.49. The number of fused-ring (bicyclic) bond motifs is 1. The minimum absolute atomic E-state index is 0.00177. The van der Waals surface area contributed by atoms with Gasteiger partial charge in [-0.15, -0.1) is 24.9 Å². The van der Waals surface area contributed by atoms with Gasteiger partial charge in [0.1, 0.15) is 6.04 Å². The van der Waals surface area contributed by atoms with Gasteiger partial charge in [-0.05, 0) is 40.0 Å². The number of nitrogens with zero attached hydrogens (tertiary/aromatic N) is 3. The van der Waals surface area contributed by atoms with E-state index in [-0.39, 0.29) is 35.5 Å². The summed E-state index contributed by atoms with van der Waals surface area (Å²) in [6.07, 6.45) is 4.17. The molecule has 3 unspecified atom stereocenters. The summed E-state index contributed by atoms with van der Waals surface area (Å²) in [6, 6.07) is -1.26. The highest BCUT2D eigenvalue weighted by molar-refractivity contribution is 8.02. The molecule has 0 aliphatic carbocycles. The molecule has 3 fully saturated rings. The molecule has 3 saturated heterocycles. The van der Waals surface area contributed by atoms with Gasteiger partial charge in [0.05, 0.1) is 29.2 Å². The molecule has 2 bridgehead atoms. The summed E-state index contributed by atoms with van der Waals surface area (Å²) in [6.45, 7) is 17.9. The van der Waals surface area contributed by atoms with Gasteiger partial charge >= 0.3 is 0 Å². The van der Waals surface area contributed by atoms with E-state index in [1.165, 1.54) is 0 Å². The van der Waals surface area contributed by atoms with Crippen LogP contribution in [-0.4, -0.2) is 91.9 Å². The van der Waals surface area contributed by atoms with Crippen LogP contribution in [0.5, 0.6) is 0 Å². The first-order valence-corrected chi connectivity index (χ1v) is 12.6. The molecule has 3 amide bonds. The lowest BCUT2D eigenvalue weighted by molar-refractivity contribution is -0.148. The Bertz CT molecular complexity index is 840. The molecule has 1 spiro atoms. The number of thioether (sulfide) groups is 1. The zero-order valence-corrected chi connectivity index (χ0v) is 21.6. The number of aliphatic hydroxyl groups is 1. The molecule has 7 atom stereocenters. The third-order valence-electron chi connectivity index (χ3n) is 7.61. The van der Waals surface area contributed by atoms with Crippen molar-refractivity contribution >= 4 is 29.5 Å². The van der Waals surface area contributed by atoms with Crippen molar-refractivity contribution < 1.29 is 19.5 Å². The van der Waals surface area contributed by atoms with Crippen LogP contribution < -0.4 is 0 Å². The molecule has 184 valence electrons. The Kier molecular flexibility index (Phi) is 7.12. The maximum atomic E-state index is 14.2. The zero-order chi connectivity index (χ0) is 24.9. The van der Waals surface area contributed by atoms with Crippen LogP contribution in [0.3, 0.4) is 0 Å². The van der Waals surface area contributed by atoms with Gasteiger partial charge in [-0.2, -0.15) is 0 Å². The van der Waals surface area contributed by atoms with Gasteiger partial charge in [-0.25, -0.2) is 0 Å². The number of hydrogen-bond donors (Lipinski definition) is 1. The van der Waals surface area contributed by atoms with E-state index in [0.717, 1.165) is 6.42 Å². The summed E-state index contributed by atoms with van der Waals surface area (Å²) in [4.78, 5) is 46.7. The first-order valence-electron chi connectivity index (χ1n) is 11.8. The molecule has 3 rings (SSSR count). The SMILES string of the molecule is C=CCN(C)C(=O)[C@@H]1[C@H]2C(=O)N([C@H](C)CO)C(C(=O)N(CC=C)C(C)(C)C)C23S[C@@H]1CC3C. The molecule has 0 aromatic rings. The third-order valence-corrected chi connectivity index (χ3v) is 9.68. The maximum absolute atomic E-state index is 14.2. The van der Waals surface area contributed by atoms with Crippen LogP contribution in [0, 0.1) is 17.8 Å². The summed E-state index contributed by atoms with van der Waals surface area (Å²) in [7, 11) is 1.73. The molecule has 3 aliphatic heterocycles. The number of aliphatic hydroxyl groups excluding tert-OH is 1. The minimum atomic E-state index is -0.733. The van der Waals surface area contributed by atoms with Gasteiger partial charge in [-0.1, -0.05) is 19.1 Å². The Morgan fingerprint density at radius 1 is 1.27 bits per heavy atom. The van der Waals surface area contributed by atoms with Crippen LogP contribution in [0.4, 0.5) is 0 Å². The molecule has 0 radical (unpaired) electrons. The molecule has 8 heteroatoms. The highest BCUT2D eigenvalue weighted by atomic mass is 32.2. The second-order valence-corrected chi connectivity index (χ2v) is 12.3. The number of carbonyl (C=O) groups is 3. The normalized spacial score (nSPS) is 33.6. The number of likely N-dealkylation sites (N-methyl/N-ethyl adjacent to an activating group) is 1. The number of rotatable bonds is 8. The summed E-state index contributed by atoms with van der Waals surface area (Å²) >= 11 is 1.66. The van der Waals surface area contributed by atoms with Crippen molar-refractivity contribution in [2.24, 2.45) is 17.8 Å². The smallest absolute Gasteiger partial charge is 0.247 e. The Morgan fingerprint density at radius 2 is 1.88 bits per heavy atom. The third kappa shape index (κ3) is 3.83. The predicted octanol–water partition coefficient (Wildman–Crippen LogP) is 2.16. The largest absolute Gasteiger partial charge is 0.394 e. The van der Waals surface area contributed by atoms with E-state index in [1.807, 2.05) is 20.8 Å². The van der Waals surface area contributed by atoms with E-state index in [1.54, 1.807) is 52.6 Å². The van der Waals surface area contributed by atoms with Crippen molar-refractivity contribution in [3.63, 3.8) is 0 Å². The molecule has 1 N–H and O–H groups in total. The number of amides is 3. The lowest BCUT2D eigenvalue weighted by Gasteiger charge is -2.44. The molecule has 3 aliphatic rings. The van der Waals surface area contributed by atoms with Gasteiger partial charge in [0.25, 0.3) is 0 Å². The second-order valence-electron chi connectivity index (χ2n) is 10.7. The van der Waals surface area contributed by atoms with Gasteiger partial charge in [0, 0.05) is 30.9 Å². The molecule has 0 saturated carbocycles. The van der Waals surface area contributed by atoms with Gasteiger partial charge in [0.15, 0.2) is 0 Å². The van der Waals surface area contributed by atoms with Gasteiger partial charge < -0.3 is 19.8 Å². The number of hydrogen-bond acceptors (Lipinski definition) is 5. The second kappa shape index (κ2) is 9.10. The summed E-state index contributed by atoms with van der Waals surface area (Å²) in [5.41, 5.74) is -0.471. The van der Waals surface area contributed by atoms with Crippen molar-refractivity contribution in [1.82, 2.24) is 14.7 Å². The standard InChI is InChI=1S/C25H39N3O4S/c1-9-11-26(8)21(30)18-17-13-15(3)25(33-17)19(18)22(31)28(16(4)14-29)20(25)23(32)27(12-10-2)24(5,6)7/h9-10,15-20,29H,1-2,11-14H2,3-8H3/t15?,16-,17-,18+,19+,20?,25?/m1/s1. The quantitative estimate of drug-likeness (QED) is 0.542. The van der Waals surface area contributed by atoms with Crippen molar-refractivity contribution in [3.8, 4) is 0 Å². The summed E-state index contributed by atoms with van der Waals surface area (Å²) in [5.74, 6) is -1.35. The number of likely N-dealkylation sites (tertiary alicyclic amines) is 1. The minimum Gasteiger partial charge on any atom is -0.394 e. The molecule has 0 aromatic heterocycles. The predicted molar refractivity (Wildman–Crippen MR) is 132 cm³/mol. The van der Waals surface area contributed by atoms with Gasteiger partial charge in [0.2, 0.25) is 17.7 Å². The average Bonchev–Trinajstić information content (AvgIpc) is 3.33. The van der Waals surface area contributed by atoms with Crippen LogP contribution >= 0.6 is 11.8 Å².